The summed E-state index contributed by atoms with van der Waals surface area (Å²) in [5, 5.41) is 2.76. The molecule has 9 nitrogen and oxygen atoms in total. The number of amides is 1. The van der Waals surface area contributed by atoms with E-state index in [9.17, 15) is 21.6 Å². The van der Waals surface area contributed by atoms with Crippen LogP contribution >= 0.6 is 0 Å². The van der Waals surface area contributed by atoms with Gasteiger partial charge in [-0.1, -0.05) is 12.1 Å². The second-order valence-corrected chi connectivity index (χ2v) is 12.9. The minimum absolute atomic E-state index is 0.180. The zero-order valence-corrected chi connectivity index (χ0v) is 22.7. The lowest BCUT2D eigenvalue weighted by molar-refractivity contribution is -0.121. The number of nitrogens with one attached hydrogen (secondary N) is 1. The molecule has 0 radical (unpaired) electrons. The Labute approximate surface area is 214 Å². The van der Waals surface area contributed by atoms with Crippen LogP contribution in [0.4, 0.5) is 5.69 Å². The Morgan fingerprint density at radius 1 is 1.03 bits per heavy atom. The third kappa shape index (κ3) is 7.44. The number of aryl methyl sites for hydroxylation is 2. The Bertz CT molecular complexity index is 1260. The van der Waals surface area contributed by atoms with Gasteiger partial charge in [0, 0.05) is 26.1 Å². The van der Waals surface area contributed by atoms with Crippen molar-refractivity contribution in [3.8, 4) is 5.75 Å². The molecule has 3 rings (SSSR count). The lowest BCUT2D eigenvalue weighted by Crippen LogP contribution is -2.33. The van der Waals surface area contributed by atoms with Gasteiger partial charge < -0.3 is 10.1 Å². The van der Waals surface area contributed by atoms with Crippen molar-refractivity contribution >= 4 is 31.6 Å². The topological polar surface area (TPSA) is 113 Å². The Morgan fingerprint density at radius 2 is 1.69 bits per heavy atom. The number of rotatable bonds is 12. The van der Waals surface area contributed by atoms with E-state index >= 15 is 0 Å². The molecular weight excluding hydrogens is 502 g/mol. The van der Waals surface area contributed by atoms with E-state index in [1.807, 2.05) is 32.0 Å². The molecule has 0 atom stereocenters. The van der Waals surface area contributed by atoms with Gasteiger partial charge in [-0.3, -0.25) is 9.10 Å². The van der Waals surface area contributed by atoms with Gasteiger partial charge >= 0.3 is 0 Å². The first-order valence-corrected chi connectivity index (χ1v) is 15.3. The molecule has 1 saturated heterocycles. The fourth-order valence-electron chi connectivity index (χ4n) is 4.07. The summed E-state index contributed by atoms with van der Waals surface area (Å²) in [7, 11) is -6.94. The Balaban J connectivity index is 1.42. The van der Waals surface area contributed by atoms with E-state index in [0.717, 1.165) is 24.0 Å². The van der Waals surface area contributed by atoms with Crippen LogP contribution < -0.4 is 14.4 Å². The molecule has 1 aliphatic heterocycles. The fraction of sp³-hybridized carbons (Fsp3) is 0.480. The summed E-state index contributed by atoms with van der Waals surface area (Å²) in [6.45, 7) is 5.58. The molecule has 11 heteroatoms. The molecule has 0 unspecified atom stereocenters. The maximum atomic E-state index is 12.6. The number of benzene rings is 2. The predicted molar refractivity (Wildman–Crippen MR) is 140 cm³/mol. The van der Waals surface area contributed by atoms with Gasteiger partial charge in [0.25, 0.3) is 0 Å². The number of nitrogens with zero attached hydrogens (tertiary/aromatic N) is 2. The molecule has 1 amide bonds. The summed E-state index contributed by atoms with van der Waals surface area (Å²) < 4.78 is 58.3. The smallest absolute Gasteiger partial charge is 0.243 e. The molecule has 2 aromatic rings. The quantitative estimate of drug-likeness (QED) is 0.417. The van der Waals surface area contributed by atoms with Crippen LogP contribution in [0.1, 0.15) is 36.8 Å². The highest BCUT2D eigenvalue weighted by Crippen LogP contribution is 2.25. The second kappa shape index (κ2) is 12.1. The van der Waals surface area contributed by atoms with E-state index in [4.69, 9.17) is 4.74 Å². The largest absolute Gasteiger partial charge is 0.492 e. The third-order valence-corrected chi connectivity index (χ3v) is 9.11. The summed E-state index contributed by atoms with van der Waals surface area (Å²) >= 11 is 0. The molecular formula is C25H35N3O6S2. The van der Waals surface area contributed by atoms with E-state index in [1.54, 1.807) is 12.1 Å². The van der Waals surface area contributed by atoms with Gasteiger partial charge in [0.1, 0.15) is 12.4 Å². The minimum atomic E-state index is -3.48. The molecule has 198 valence electrons. The third-order valence-electron chi connectivity index (χ3n) is 6.02. The van der Waals surface area contributed by atoms with Gasteiger partial charge in [0.15, 0.2) is 0 Å². The van der Waals surface area contributed by atoms with E-state index in [1.165, 1.54) is 27.0 Å². The molecule has 1 heterocycles. The highest BCUT2D eigenvalue weighted by molar-refractivity contribution is 7.92. The normalized spacial score (nSPS) is 14.5. The van der Waals surface area contributed by atoms with Gasteiger partial charge in [-0.2, -0.15) is 4.31 Å². The van der Waals surface area contributed by atoms with Crippen LogP contribution in [0.5, 0.6) is 5.75 Å². The van der Waals surface area contributed by atoms with Crippen molar-refractivity contribution in [2.75, 3.05) is 43.3 Å². The van der Waals surface area contributed by atoms with E-state index in [0.29, 0.717) is 30.9 Å². The first-order chi connectivity index (χ1) is 17.0. The fourth-order valence-corrected chi connectivity index (χ4v) is 6.60. The van der Waals surface area contributed by atoms with Gasteiger partial charge in [-0.25, -0.2) is 16.8 Å². The number of hydrogen-bond donors (Lipinski definition) is 1. The number of ether oxygens (including phenoxy) is 1. The average Bonchev–Trinajstić information content (AvgIpc) is 3.37. The molecule has 2 aromatic carbocycles. The number of carbonyl (C=O) groups is 1. The highest BCUT2D eigenvalue weighted by Gasteiger charge is 2.27. The SMILES string of the molecule is Cc1ccc(C)c(N(CCCC(=O)NCCOc2ccc(S(=O)(=O)N3CCCC3)cc2)S(C)(=O)=O)c1. The minimum Gasteiger partial charge on any atom is -0.492 e. The van der Waals surface area contributed by atoms with Crippen molar-refractivity contribution < 1.29 is 26.4 Å². The van der Waals surface area contributed by atoms with Crippen LogP contribution in [0.3, 0.4) is 0 Å². The maximum Gasteiger partial charge on any atom is 0.243 e. The molecule has 0 bridgehead atoms. The summed E-state index contributed by atoms with van der Waals surface area (Å²) in [5.41, 5.74) is 2.45. The highest BCUT2D eigenvalue weighted by atomic mass is 32.2. The van der Waals surface area contributed by atoms with Gasteiger partial charge in [-0.15, -0.1) is 0 Å². The van der Waals surface area contributed by atoms with E-state index < -0.39 is 20.0 Å². The van der Waals surface area contributed by atoms with Gasteiger partial charge in [0.05, 0.1) is 23.4 Å². The zero-order chi connectivity index (χ0) is 26.3. The number of hydrogen-bond acceptors (Lipinski definition) is 6. The van der Waals surface area contributed by atoms with Crippen molar-refractivity contribution in [3.05, 3.63) is 53.6 Å². The molecule has 1 N–H and O–H groups in total. The van der Waals surface area contributed by atoms with E-state index in [2.05, 4.69) is 5.32 Å². The molecule has 36 heavy (non-hydrogen) atoms. The van der Waals surface area contributed by atoms with Crippen molar-refractivity contribution in [2.24, 2.45) is 0 Å². The van der Waals surface area contributed by atoms with E-state index in [-0.39, 0.29) is 36.9 Å². The predicted octanol–water partition coefficient (Wildman–Crippen LogP) is 2.83. The first kappa shape index (κ1) is 27.9. The standard InChI is InChI=1S/C25H35N3O6S2/c1-20-8-9-21(2)24(19-20)28(35(3,30)31)17-6-7-25(29)26-14-18-34-22-10-12-23(13-11-22)36(32,33)27-15-4-5-16-27/h8-13,19H,4-7,14-18H2,1-3H3,(H,26,29). The first-order valence-electron chi connectivity index (χ1n) is 12.0. The van der Waals surface area contributed by atoms with Crippen molar-refractivity contribution in [3.63, 3.8) is 0 Å². The van der Waals surface area contributed by atoms with Crippen molar-refractivity contribution in [2.45, 2.75) is 44.4 Å². The van der Waals surface area contributed by atoms with Gasteiger partial charge in [-0.05, 0) is 74.6 Å². The Morgan fingerprint density at radius 3 is 2.33 bits per heavy atom. The number of sulfonamides is 2. The molecule has 0 aromatic heterocycles. The van der Waals surface area contributed by atoms with Crippen LogP contribution in [0.15, 0.2) is 47.4 Å². The lowest BCUT2D eigenvalue weighted by Gasteiger charge is -2.24. The molecule has 0 aliphatic carbocycles. The molecule has 1 fully saturated rings. The van der Waals surface area contributed by atoms with Crippen LogP contribution in [0.25, 0.3) is 0 Å². The van der Waals surface area contributed by atoms with Crippen molar-refractivity contribution in [1.82, 2.24) is 9.62 Å². The maximum absolute atomic E-state index is 12.6. The van der Waals surface area contributed by atoms with Crippen LogP contribution in [-0.4, -0.2) is 66.1 Å². The number of anilines is 1. The second-order valence-electron chi connectivity index (χ2n) is 9.01. The number of carbonyl (C=O) groups excluding carboxylic acids is 1. The average molecular weight is 538 g/mol. The Hall–Kier alpha value is -2.63. The molecule has 0 saturated carbocycles. The zero-order valence-electron chi connectivity index (χ0n) is 21.1. The van der Waals surface area contributed by atoms with Crippen LogP contribution in [-0.2, 0) is 24.8 Å². The summed E-state index contributed by atoms with van der Waals surface area (Å²) in [6, 6.07) is 11.9. The lowest BCUT2D eigenvalue weighted by atomic mass is 10.1. The Kier molecular flexibility index (Phi) is 9.37. The van der Waals surface area contributed by atoms with Crippen molar-refractivity contribution in [1.29, 1.82) is 0 Å². The summed E-state index contributed by atoms with van der Waals surface area (Å²) in [5.74, 6) is 0.321. The summed E-state index contributed by atoms with van der Waals surface area (Å²) in [4.78, 5) is 12.5. The van der Waals surface area contributed by atoms with Crippen LogP contribution in [0, 0.1) is 13.8 Å². The van der Waals surface area contributed by atoms with Gasteiger partial charge in [0.2, 0.25) is 26.0 Å². The molecule has 1 aliphatic rings. The monoisotopic (exact) mass is 537 g/mol. The summed E-state index contributed by atoms with van der Waals surface area (Å²) in [6.07, 6.45) is 3.49. The molecule has 0 spiro atoms. The van der Waals surface area contributed by atoms with Crippen LogP contribution in [0.2, 0.25) is 0 Å².